The largest absolute Gasteiger partial charge is 0.324 e. The summed E-state index contributed by atoms with van der Waals surface area (Å²) in [5.74, 6) is -0.342. The normalized spacial score (nSPS) is 12.7. The van der Waals surface area contributed by atoms with Gasteiger partial charge in [-0.05, 0) is 18.2 Å². The Balaban J connectivity index is 1.82. The Hall–Kier alpha value is -2.69. The van der Waals surface area contributed by atoms with E-state index in [2.05, 4.69) is 15.6 Å². The molecular formula is C14H11N3O2. The fraction of sp³-hybridized carbons (Fsp3) is 0.0714. The number of hydrogen-bond acceptors (Lipinski definition) is 3. The molecule has 0 saturated heterocycles. The van der Waals surface area contributed by atoms with E-state index in [0.29, 0.717) is 16.9 Å². The van der Waals surface area contributed by atoms with Crippen LogP contribution in [0.1, 0.15) is 16.1 Å². The first kappa shape index (κ1) is 11.4. The molecule has 3 rings (SSSR count). The fourth-order valence-electron chi connectivity index (χ4n) is 1.94. The molecule has 2 amide bonds. The third-order valence-corrected chi connectivity index (χ3v) is 2.87. The molecule has 1 aromatic carbocycles. The molecule has 2 heterocycles. The molecular weight excluding hydrogens is 242 g/mol. The monoisotopic (exact) mass is 253 g/mol. The highest BCUT2D eigenvalue weighted by Gasteiger charge is 2.20. The number of pyridine rings is 1. The smallest absolute Gasteiger partial charge is 0.257 e. The number of benzene rings is 1. The zero-order valence-corrected chi connectivity index (χ0v) is 10.0. The average molecular weight is 253 g/mol. The number of hydrogen-bond donors (Lipinski definition) is 2. The molecule has 94 valence electrons. The number of amides is 2. The molecule has 0 atom stereocenters. The number of fused-ring (bicyclic) bond motifs is 1. The molecule has 19 heavy (non-hydrogen) atoms. The topological polar surface area (TPSA) is 71.1 Å². The Morgan fingerprint density at radius 1 is 1.26 bits per heavy atom. The van der Waals surface area contributed by atoms with Crippen molar-refractivity contribution in [3.63, 3.8) is 0 Å². The van der Waals surface area contributed by atoms with Crippen molar-refractivity contribution in [3.8, 4) is 0 Å². The van der Waals surface area contributed by atoms with Crippen LogP contribution in [0.5, 0.6) is 0 Å². The molecule has 5 heteroatoms. The number of nitrogens with zero attached hydrogens (tertiary/aromatic N) is 1. The van der Waals surface area contributed by atoms with Crippen molar-refractivity contribution in [3.05, 3.63) is 53.9 Å². The first-order valence-electron chi connectivity index (χ1n) is 5.87. The van der Waals surface area contributed by atoms with E-state index in [-0.39, 0.29) is 18.2 Å². The van der Waals surface area contributed by atoms with Crippen LogP contribution in [-0.2, 0) is 11.2 Å². The van der Waals surface area contributed by atoms with Gasteiger partial charge in [0.2, 0.25) is 5.91 Å². The quantitative estimate of drug-likeness (QED) is 0.857. The van der Waals surface area contributed by atoms with E-state index in [1.165, 1.54) is 6.20 Å². The molecule has 2 aromatic rings. The van der Waals surface area contributed by atoms with Crippen molar-refractivity contribution in [2.45, 2.75) is 6.42 Å². The Kier molecular flexibility index (Phi) is 2.72. The SMILES string of the molecule is O=C1Cc2ncc(C(=O)Nc3ccccc3)cc2N1. The van der Waals surface area contributed by atoms with Crippen LogP contribution in [0, 0.1) is 0 Å². The van der Waals surface area contributed by atoms with Gasteiger partial charge in [0.1, 0.15) is 0 Å². The highest BCUT2D eigenvalue weighted by atomic mass is 16.2. The number of para-hydroxylation sites is 1. The molecule has 0 bridgehead atoms. The van der Waals surface area contributed by atoms with Crippen LogP contribution in [0.15, 0.2) is 42.6 Å². The molecule has 0 aliphatic carbocycles. The standard InChI is InChI=1S/C14H11N3O2/c18-13-7-11-12(17-13)6-9(8-15-11)14(19)16-10-4-2-1-3-5-10/h1-6,8H,7H2,(H,16,19)(H,17,18). The Morgan fingerprint density at radius 2 is 2.05 bits per heavy atom. The van der Waals surface area contributed by atoms with Gasteiger partial charge < -0.3 is 10.6 Å². The summed E-state index contributed by atoms with van der Waals surface area (Å²) in [6.07, 6.45) is 1.76. The molecule has 5 nitrogen and oxygen atoms in total. The maximum absolute atomic E-state index is 12.0. The summed E-state index contributed by atoms with van der Waals surface area (Å²) in [7, 11) is 0. The fourth-order valence-corrected chi connectivity index (χ4v) is 1.94. The molecule has 0 radical (unpaired) electrons. The molecule has 1 aliphatic heterocycles. The van der Waals surface area contributed by atoms with Crippen LogP contribution in [0.25, 0.3) is 0 Å². The van der Waals surface area contributed by atoms with Gasteiger partial charge in [-0.15, -0.1) is 0 Å². The Bertz CT molecular complexity index is 653. The van der Waals surface area contributed by atoms with E-state index in [9.17, 15) is 9.59 Å². The van der Waals surface area contributed by atoms with Crippen molar-refractivity contribution in [2.24, 2.45) is 0 Å². The summed E-state index contributed by atoms with van der Waals surface area (Å²) < 4.78 is 0. The number of carbonyl (C=O) groups is 2. The highest BCUT2D eigenvalue weighted by Crippen LogP contribution is 2.22. The van der Waals surface area contributed by atoms with E-state index in [1.807, 2.05) is 18.2 Å². The van der Waals surface area contributed by atoms with Gasteiger partial charge in [0, 0.05) is 11.9 Å². The van der Waals surface area contributed by atoms with E-state index in [1.54, 1.807) is 18.2 Å². The van der Waals surface area contributed by atoms with Crippen LogP contribution < -0.4 is 10.6 Å². The first-order valence-corrected chi connectivity index (χ1v) is 5.87. The van der Waals surface area contributed by atoms with Gasteiger partial charge in [0.25, 0.3) is 5.91 Å². The van der Waals surface area contributed by atoms with Crippen LogP contribution in [0.4, 0.5) is 11.4 Å². The zero-order chi connectivity index (χ0) is 13.2. The van der Waals surface area contributed by atoms with Gasteiger partial charge in [0.05, 0.1) is 23.4 Å². The van der Waals surface area contributed by atoms with E-state index in [4.69, 9.17) is 0 Å². The minimum absolute atomic E-state index is 0.0943. The lowest BCUT2D eigenvalue weighted by molar-refractivity contribution is -0.115. The Morgan fingerprint density at radius 3 is 2.84 bits per heavy atom. The molecule has 0 saturated carbocycles. The van der Waals surface area contributed by atoms with Gasteiger partial charge in [-0.25, -0.2) is 0 Å². The van der Waals surface area contributed by atoms with Gasteiger partial charge >= 0.3 is 0 Å². The summed E-state index contributed by atoms with van der Waals surface area (Å²) >= 11 is 0. The third-order valence-electron chi connectivity index (χ3n) is 2.87. The molecule has 0 fully saturated rings. The Labute approximate surface area is 109 Å². The number of carbonyl (C=O) groups excluding carboxylic acids is 2. The van der Waals surface area contributed by atoms with Gasteiger partial charge in [-0.1, -0.05) is 18.2 Å². The summed E-state index contributed by atoms with van der Waals surface area (Å²) in [5, 5.41) is 5.44. The predicted molar refractivity (Wildman–Crippen MR) is 71.0 cm³/mol. The lowest BCUT2D eigenvalue weighted by Crippen LogP contribution is -2.12. The number of rotatable bonds is 2. The van der Waals surface area contributed by atoms with E-state index < -0.39 is 0 Å². The second-order valence-corrected chi connectivity index (χ2v) is 4.26. The molecule has 1 aliphatic rings. The number of anilines is 2. The summed E-state index contributed by atoms with van der Waals surface area (Å²) in [4.78, 5) is 27.4. The van der Waals surface area contributed by atoms with E-state index in [0.717, 1.165) is 5.69 Å². The van der Waals surface area contributed by atoms with Crippen molar-refractivity contribution in [1.29, 1.82) is 0 Å². The van der Waals surface area contributed by atoms with Gasteiger partial charge in [0.15, 0.2) is 0 Å². The van der Waals surface area contributed by atoms with Crippen molar-refractivity contribution < 1.29 is 9.59 Å². The second-order valence-electron chi connectivity index (χ2n) is 4.26. The van der Waals surface area contributed by atoms with Crippen molar-refractivity contribution in [2.75, 3.05) is 10.6 Å². The van der Waals surface area contributed by atoms with E-state index >= 15 is 0 Å². The van der Waals surface area contributed by atoms with Crippen LogP contribution in [0.2, 0.25) is 0 Å². The zero-order valence-electron chi connectivity index (χ0n) is 10.0. The van der Waals surface area contributed by atoms with Crippen molar-refractivity contribution in [1.82, 2.24) is 4.98 Å². The molecule has 2 N–H and O–H groups in total. The predicted octanol–water partition coefficient (Wildman–Crippen LogP) is 1.83. The minimum Gasteiger partial charge on any atom is -0.324 e. The highest BCUT2D eigenvalue weighted by molar-refractivity contribution is 6.06. The average Bonchev–Trinajstić information content (AvgIpc) is 2.78. The first-order chi connectivity index (χ1) is 9.22. The molecule has 1 aromatic heterocycles. The number of nitrogens with one attached hydrogen (secondary N) is 2. The second kappa shape index (κ2) is 4.53. The maximum atomic E-state index is 12.0. The maximum Gasteiger partial charge on any atom is 0.257 e. The lowest BCUT2D eigenvalue weighted by atomic mass is 10.2. The van der Waals surface area contributed by atoms with Gasteiger partial charge in [-0.2, -0.15) is 0 Å². The number of aromatic nitrogens is 1. The van der Waals surface area contributed by atoms with Crippen LogP contribution in [0.3, 0.4) is 0 Å². The summed E-state index contributed by atoms with van der Waals surface area (Å²) in [5.41, 5.74) is 2.44. The molecule has 0 spiro atoms. The van der Waals surface area contributed by atoms with Crippen molar-refractivity contribution >= 4 is 23.2 Å². The van der Waals surface area contributed by atoms with Gasteiger partial charge in [-0.3, -0.25) is 14.6 Å². The summed E-state index contributed by atoms with van der Waals surface area (Å²) in [6.45, 7) is 0. The third kappa shape index (κ3) is 2.30. The lowest BCUT2D eigenvalue weighted by Gasteiger charge is -2.06. The minimum atomic E-state index is -0.248. The van der Waals surface area contributed by atoms with Crippen LogP contribution in [-0.4, -0.2) is 16.8 Å². The molecule has 0 unspecified atom stereocenters. The summed E-state index contributed by atoms with van der Waals surface area (Å²) in [6, 6.07) is 10.8. The van der Waals surface area contributed by atoms with Crippen LogP contribution >= 0.6 is 0 Å².